The summed E-state index contributed by atoms with van der Waals surface area (Å²) in [6.45, 7) is 0. The molecule has 1 aromatic heterocycles. The highest BCUT2D eigenvalue weighted by atomic mass is 35.5. The van der Waals surface area contributed by atoms with E-state index in [9.17, 15) is 9.59 Å². The average Bonchev–Trinajstić information content (AvgIpc) is 2.42. The van der Waals surface area contributed by atoms with Gasteiger partial charge in [-0.15, -0.1) is 0 Å². The van der Waals surface area contributed by atoms with Crippen LogP contribution < -0.4 is 5.32 Å². The van der Waals surface area contributed by atoms with Gasteiger partial charge in [-0.3, -0.25) is 9.78 Å². The number of nitrogens with one attached hydrogen (secondary N) is 1. The van der Waals surface area contributed by atoms with Gasteiger partial charge in [-0.05, 0) is 29.8 Å². The molecule has 2 rings (SSSR count). The number of carboxylic acid groups (broad SMARTS) is 1. The molecule has 0 atom stereocenters. The van der Waals surface area contributed by atoms with E-state index < -0.39 is 5.97 Å². The van der Waals surface area contributed by atoms with Crippen LogP contribution in [0.2, 0.25) is 5.02 Å². The van der Waals surface area contributed by atoms with Crippen LogP contribution in [0.4, 0.5) is 5.69 Å². The predicted molar refractivity (Wildman–Crippen MR) is 75.0 cm³/mol. The Balaban J connectivity index is 2.11. The summed E-state index contributed by atoms with van der Waals surface area (Å²) in [5.41, 5.74) is 1.10. The van der Waals surface area contributed by atoms with Crippen molar-refractivity contribution in [2.24, 2.45) is 0 Å². The minimum absolute atomic E-state index is 0.0612. The number of amides is 1. The maximum Gasteiger partial charge on any atom is 0.335 e. The molecular formula is C14H11ClN2O3. The monoisotopic (exact) mass is 290 g/mol. The van der Waals surface area contributed by atoms with Gasteiger partial charge in [-0.2, -0.15) is 0 Å². The average molecular weight is 291 g/mol. The second kappa shape index (κ2) is 6.16. The van der Waals surface area contributed by atoms with Crippen molar-refractivity contribution in [1.82, 2.24) is 4.98 Å². The van der Waals surface area contributed by atoms with E-state index in [1.165, 1.54) is 18.2 Å². The van der Waals surface area contributed by atoms with Crippen LogP contribution in [0.25, 0.3) is 0 Å². The van der Waals surface area contributed by atoms with Crippen molar-refractivity contribution in [1.29, 1.82) is 0 Å². The highest BCUT2D eigenvalue weighted by Gasteiger charge is 2.10. The summed E-state index contributed by atoms with van der Waals surface area (Å²) >= 11 is 5.93. The van der Waals surface area contributed by atoms with Gasteiger partial charge < -0.3 is 10.4 Å². The molecule has 2 aromatic rings. The molecular weight excluding hydrogens is 280 g/mol. The molecule has 20 heavy (non-hydrogen) atoms. The number of pyridine rings is 1. The summed E-state index contributed by atoms with van der Waals surface area (Å²) in [6, 6.07) is 7.65. The Morgan fingerprint density at radius 2 is 2.10 bits per heavy atom. The Bertz CT molecular complexity index is 644. The summed E-state index contributed by atoms with van der Waals surface area (Å²) in [6.07, 6.45) is 3.35. The molecule has 2 N–H and O–H groups in total. The Hall–Kier alpha value is -2.40. The molecule has 102 valence electrons. The summed E-state index contributed by atoms with van der Waals surface area (Å²) in [7, 11) is 0. The first-order valence-corrected chi connectivity index (χ1v) is 6.15. The lowest BCUT2D eigenvalue weighted by atomic mass is 10.1. The molecule has 1 heterocycles. The van der Waals surface area contributed by atoms with Crippen molar-refractivity contribution in [3.05, 3.63) is 58.9 Å². The minimum Gasteiger partial charge on any atom is -0.478 e. The highest BCUT2D eigenvalue weighted by Crippen LogP contribution is 2.23. The van der Waals surface area contributed by atoms with Gasteiger partial charge >= 0.3 is 5.97 Å². The van der Waals surface area contributed by atoms with Crippen LogP contribution in [0.5, 0.6) is 0 Å². The fraction of sp³-hybridized carbons (Fsp3) is 0.0714. The van der Waals surface area contributed by atoms with Crippen LogP contribution in [0.15, 0.2) is 42.7 Å². The number of hydrogen-bond donors (Lipinski definition) is 2. The summed E-state index contributed by atoms with van der Waals surface area (Å²) < 4.78 is 0. The van der Waals surface area contributed by atoms with Gasteiger partial charge in [0, 0.05) is 12.4 Å². The van der Waals surface area contributed by atoms with Gasteiger partial charge in [0.1, 0.15) is 0 Å². The smallest absolute Gasteiger partial charge is 0.335 e. The lowest BCUT2D eigenvalue weighted by Gasteiger charge is -2.08. The van der Waals surface area contributed by atoms with E-state index in [1.807, 2.05) is 0 Å². The van der Waals surface area contributed by atoms with Crippen LogP contribution in [-0.4, -0.2) is 22.0 Å². The molecule has 0 saturated carbocycles. The second-order valence-corrected chi connectivity index (χ2v) is 4.49. The Morgan fingerprint density at radius 1 is 1.30 bits per heavy atom. The number of carboxylic acids is 1. The van der Waals surface area contributed by atoms with Crippen LogP contribution in [-0.2, 0) is 11.2 Å². The molecule has 0 aliphatic rings. The third-order valence-corrected chi connectivity index (χ3v) is 2.90. The van der Waals surface area contributed by atoms with Gasteiger partial charge in [0.05, 0.1) is 22.7 Å². The SMILES string of the molecule is O=C(Cc1cccnc1)Nc1cc(C(=O)O)ccc1Cl. The number of hydrogen-bond acceptors (Lipinski definition) is 3. The first-order valence-electron chi connectivity index (χ1n) is 5.78. The maximum absolute atomic E-state index is 11.9. The third kappa shape index (κ3) is 3.55. The maximum atomic E-state index is 11.9. The summed E-state index contributed by atoms with van der Waals surface area (Å²) in [5, 5.41) is 11.8. The number of halogens is 1. The predicted octanol–water partition coefficient (Wildman–Crippen LogP) is 2.61. The zero-order valence-corrected chi connectivity index (χ0v) is 11.1. The molecule has 0 radical (unpaired) electrons. The number of benzene rings is 1. The van der Waals surface area contributed by atoms with Crippen LogP contribution >= 0.6 is 11.6 Å². The molecule has 1 amide bonds. The molecule has 0 aliphatic carbocycles. The van der Waals surface area contributed by atoms with Crippen molar-refractivity contribution >= 4 is 29.2 Å². The number of aromatic nitrogens is 1. The molecule has 0 saturated heterocycles. The van der Waals surface area contributed by atoms with Gasteiger partial charge in [0.2, 0.25) is 5.91 Å². The van der Waals surface area contributed by atoms with Gasteiger partial charge in [0.25, 0.3) is 0 Å². The lowest BCUT2D eigenvalue weighted by Crippen LogP contribution is -2.15. The number of carbonyl (C=O) groups excluding carboxylic acids is 1. The normalized spacial score (nSPS) is 10.1. The molecule has 0 bridgehead atoms. The van der Waals surface area contributed by atoms with E-state index in [2.05, 4.69) is 10.3 Å². The van der Waals surface area contributed by atoms with Crippen molar-refractivity contribution in [2.75, 3.05) is 5.32 Å². The van der Waals surface area contributed by atoms with Crippen molar-refractivity contribution in [3.63, 3.8) is 0 Å². The van der Waals surface area contributed by atoms with E-state index >= 15 is 0 Å². The number of aromatic carboxylic acids is 1. The third-order valence-electron chi connectivity index (χ3n) is 2.57. The molecule has 1 aromatic carbocycles. The van der Waals surface area contributed by atoms with Crippen molar-refractivity contribution in [2.45, 2.75) is 6.42 Å². The fourth-order valence-corrected chi connectivity index (χ4v) is 1.80. The molecule has 0 spiro atoms. The molecule has 0 unspecified atom stereocenters. The van der Waals surface area contributed by atoms with Crippen LogP contribution in [0, 0.1) is 0 Å². The van der Waals surface area contributed by atoms with E-state index in [0.29, 0.717) is 0 Å². The minimum atomic E-state index is -1.08. The number of nitrogens with zero attached hydrogens (tertiary/aromatic N) is 1. The quantitative estimate of drug-likeness (QED) is 0.907. The van der Waals surface area contributed by atoms with Gasteiger partial charge in [0.15, 0.2) is 0 Å². The zero-order chi connectivity index (χ0) is 14.5. The van der Waals surface area contributed by atoms with E-state index in [-0.39, 0.29) is 28.6 Å². The second-order valence-electron chi connectivity index (χ2n) is 4.09. The van der Waals surface area contributed by atoms with Gasteiger partial charge in [-0.1, -0.05) is 17.7 Å². The standard InChI is InChI=1S/C14H11ClN2O3/c15-11-4-3-10(14(19)20)7-12(11)17-13(18)6-9-2-1-5-16-8-9/h1-5,7-8H,6H2,(H,17,18)(H,19,20). The summed E-state index contributed by atoms with van der Waals surface area (Å²) in [4.78, 5) is 26.7. The molecule has 6 heteroatoms. The molecule has 0 fully saturated rings. The van der Waals surface area contributed by atoms with E-state index in [1.54, 1.807) is 24.5 Å². The highest BCUT2D eigenvalue weighted by molar-refractivity contribution is 6.33. The number of carbonyl (C=O) groups is 2. The lowest BCUT2D eigenvalue weighted by molar-refractivity contribution is -0.115. The van der Waals surface area contributed by atoms with E-state index in [4.69, 9.17) is 16.7 Å². The zero-order valence-electron chi connectivity index (χ0n) is 10.3. The Labute approximate surface area is 120 Å². The van der Waals surface area contributed by atoms with Crippen molar-refractivity contribution < 1.29 is 14.7 Å². The van der Waals surface area contributed by atoms with Crippen LogP contribution in [0.1, 0.15) is 15.9 Å². The van der Waals surface area contributed by atoms with Crippen LogP contribution in [0.3, 0.4) is 0 Å². The van der Waals surface area contributed by atoms with Crippen molar-refractivity contribution in [3.8, 4) is 0 Å². The largest absolute Gasteiger partial charge is 0.478 e. The molecule has 0 aliphatic heterocycles. The Kier molecular flexibility index (Phi) is 4.32. The first-order chi connectivity index (χ1) is 9.56. The summed E-state index contributed by atoms with van der Waals surface area (Å²) in [5.74, 6) is -1.37. The number of rotatable bonds is 4. The first kappa shape index (κ1) is 14.0. The number of anilines is 1. The molecule has 5 nitrogen and oxygen atoms in total. The topological polar surface area (TPSA) is 79.3 Å². The van der Waals surface area contributed by atoms with Gasteiger partial charge in [-0.25, -0.2) is 4.79 Å². The fourth-order valence-electron chi connectivity index (χ4n) is 1.64. The van der Waals surface area contributed by atoms with E-state index in [0.717, 1.165) is 5.56 Å². The Morgan fingerprint density at radius 3 is 2.75 bits per heavy atom.